The van der Waals surface area contributed by atoms with Crippen LogP contribution < -0.4 is 5.32 Å². The minimum atomic E-state index is 0.0481. The van der Waals surface area contributed by atoms with Crippen molar-refractivity contribution in [3.8, 4) is 10.4 Å². The normalized spacial score (nSPS) is 21.7. The number of amides is 1. The van der Waals surface area contributed by atoms with Crippen molar-refractivity contribution in [3.63, 3.8) is 0 Å². The second-order valence-corrected chi connectivity index (χ2v) is 13.6. The van der Waals surface area contributed by atoms with E-state index >= 15 is 0 Å². The number of aromatic nitrogens is 2. The smallest absolute Gasteiger partial charge is 0.261 e. The van der Waals surface area contributed by atoms with Crippen LogP contribution in [0.1, 0.15) is 87.9 Å². The lowest BCUT2D eigenvalue weighted by molar-refractivity contribution is 0.0870. The number of thiophene rings is 1. The van der Waals surface area contributed by atoms with Crippen LogP contribution in [0.5, 0.6) is 0 Å². The molecule has 5 rings (SSSR count). The first-order valence-corrected chi connectivity index (χ1v) is 15.8. The van der Waals surface area contributed by atoms with Gasteiger partial charge in [0.15, 0.2) is 0 Å². The van der Waals surface area contributed by atoms with Gasteiger partial charge in [0, 0.05) is 47.9 Å². The molecule has 0 bridgehead atoms. The second kappa shape index (κ2) is 12.6. The van der Waals surface area contributed by atoms with Crippen molar-refractivity contribution in [3.05, 3.63) is 29.4 Å². The van der Waals surface area contributed by atoms with Crippen LogP contribution in [-0.4, -0.2) is 94.3 Å². The molecule has 5 heterocycles. The molecule has 2 aromatic heterocycles. The lowest BCUT2D eigenvalue weighted by atomic mass is 9.98. The van der Waals surface area contributed by atoms with E-state index in [-0.39, 0.29) is 11.4 Å². The van der Waals surface area contributed by atoms with E-state index in [1.165, 1.54) is 58.3 Å². The first-order chi connectivity index (χ1) is 18.4. The summed E-state index contributed by atoms with van der Waals surface area (Å²) in [6, 6.07) is 5.28. The van der Waals surface area contributed by atoms with Crippen molar-refractivity contribution in [2.24, 2.45) is 0 Å². The molecule has 38 heavy (non-hydrogen) atoms. The molecule has 3 fully saturated rings. The Labute approximate surface area is 233 Å². The maximum atomic E-state index is 12.8. The summed E-state index contributed by atoms with van der Waals surface area (Å²) in [6.45, 7) is 15.9. The average molecular weight is 541 g/mol. The van der Waals surface area contributed by atoms with Gasteiger partial charge in [-0.05, 0) is 111 Å². The van der Waals surface area contributed by atoms with Gasteiger partial charge in [-0.1, -0.05) is 6.42 Å². The van der Waals surface area contributed by atoms with E-state index in [4.69, 9.17) is 5.10 Å². The van der Waals surface area contributed by atoms with E-state index in [0.29, 0.717) is 6.04 Å². The summed E-state index contributed by atoms with van der Waals surface area (Å²) in [6.07, 6.45) is 14.2. The minimum Gasteiger partial charge on any atom is -0.351 e. The van der Waals surface area contributed by atoms with Gasteiger partial charge in [-0.3, -0.25) is 14.4 Å². The number of likely N-dealkylation sites (tertiary alicyclic amines) is 3. The van der Waals surface area contributed by atoms with Gasteiger partial charge in [0.1, 0.15) is 0 Å². The predicted octanol–water partition coefficient (Wildman–Crippen LogP) is 5.12. The van der Waals surface area contributed by atoms with Gasteiger partial charge in [-0.2, -0.15) is 5.10 Å². The zero-order valence-electron chi connectivity index (χ0n) is 23.8. The quantitative estimate of drug-likeness (QED) is 0.471. The molecule has 0 spiro atoms. The fraction of sp³-hybridized carbons (Fsp3) is 0.733. The van der Waals surface area contributed by atoms with Crippen LogP contribution in [0.4, 0.5) is 0 Å². The van der Waals surface area contributed by atoms with E-state index in [1.807, 2.05) is 12.3 Å². The lowest BCUT2D eigenvalue weighted by Gasteiger charge is -2.40. The molecule has 0 saturated carbocycles. The van der Waals surface area contributed by atoms with E-state index in [9.17, 15) is 4.79 Å². The number of hydrogen-bond donors (Lipinski definition) is 1. The summed E-state index contributed by atoms with van der Waals surface area (Å²) in [5.74, 6) is 0.0481. The van der Waals surface area contributed by atoms with Crippen LogP contribution in [0.25, 0.3) is 10.4 Å². The van der Waals surface area contributed by atoms with Gasteiger partial charge in [-0.15, -0.1) is 11.3 Å². The molecule has 3 saturated heterocycles. The Morgan fingerprint density at radius 1 is 0.974 bits per heavy atom. The first-order valence-electron chi connectivity index (χ1n) is 15.0. The maximum absolute atomic E-state index is 12.8. The maximum Gasteiger partial charge on any atom is 0.261 e. The molecule has 0 radical (unpaired) electrons. The van der Waals surface area contributed by atoms with Gasteiger partial charge in [0.05, 0.1) is 17.1 Å². The molecule has 1 N–H and O–H groups in total. The van der Waals surface area contributed by atoms with Crippen molar-refractivity contribution in [1.29, 1.82) is 0 Å². The standard InChI is InChI=1S/C30H48N6OS/c1-30(2,3)35-20-12-26(13-21-35)36-23-24(22-32-36)27-8-9-28(38-27)29(37)31-14-7-15-33-18-10-25(11-19-33)34-16-5-4-6-17-34/h8-9,22-23,25-26H,4-7,10-21H2,1-3H3,(H,31,37). The van der Waals surface area contributed by atoms with Crippen molar-refractivity contribution >= 4 is 17.2 Å². The minimum absolute atomic E-state index is 0.0481. The van der Waals surface area contributed by atoms with E-state index < -0.39 is 0 Å². The second-order valence-electron chi connectivity index (χ2n) is 12.5. The molecule has 0 aromatic carbocycles. The van der Waals surface area contributed by atoms with Gasteiger partial charge < -0.3 is 15.1 Å². The van der Waals surface area contributed by atoms with Crippen LogP contribution in [0.15, 0.2) is 24.5 Å². The monoisotopic (exact) mass is 540 g/mol. The fourth-order valence-electron chi connectivity index (χ4n) is 6.46. The van der Waals surface area contributed by atoms with Crippen LogP contribution >= 0.6 is 11.3 Å². The molecule has 3 aliphatic rings. The molecule has 2 aromatic rings. The number of rotatable bonds is 8. The van der Waals surface area contributed by atoms with E-state index in [2.05, 4.69) is 57.7 Å². The Hall–Kier alpha value is -1.74. The van der Waals surface area contributed by atoms with Crippen molar-refractivity contribution in [1.82, 2.24) is 29.8 Å². The highest BCUT2D eigenvalue weighted by atomic mass is 32.1. The third kappa shape index (κ3) is 7.06. The summed E-state index contributed by atoms with van der Waals surface area (Å²) in [7, 11) is 0. The van der Waals surface area contributed by atoms with Gasteiger partial charge in [0.2, 0.25) is 0 Å². The lowest BCUT2D eigenvalue weighted by Crippen LogP contribution is -2.47. The van der Waals surface area contributed by atoms with Crippen LogP contribution in [0.3, 0.4) is 0 Å². The van der Waals surface area contributed by atoms with Crippen molar-refractivity contribution < 1.29 is 4.79 Å². The van der Waals surface area contributed by atoms with Gasteiger partial charge in [-0.25, -0.2) is 0 Å². The summed E-state index contributed by atoms with van der Waals surface area (Å²) in [4.78, 5) is 22.6. The molecule has 8 heteroatoms. The molecule has 0 atom stereocenters. The SMILES string of the molecule is CC(C)(C)N1CCC(n2cc(-c3ccc(C(=O)NCCCN4CCC(N5CCCCC5)CC4)s3)cn2)CC1. The third-order valence-corrected chi connectivity index (χ3v) is 10.0. The summed E-state index contributed by atoms with van der Waals surface area (Å²) < 4.78 is 2.14. The Kier molecular flexibility index (Phi) is 9.24. The number of carbonyl (C=O) groups is 1. The van der Waals surface area contributed by atoms with E-state index in [1.54, 1.807) is 11.3 Å². The van der Waals surface area contributed by atoms with Crippen LogP contribution in [-0.2, 0) is 0 Å². The molecular weight excluding hydrogens is 492 g/mol. The molecule has 0 aliphatic carbocycles. The van der Waals surface area contributed by atoms with Gasteiger partial charge in [0.25, 0.3) is 5.91 Å². The predicted molar refractivity (Wildman–Crippen MR) is 157 cm³/mol. The molecule has 1 amide bonds. The molecular formula is C30H48N6OS. The number of nitrogens with one attached hydrogen (secondary N) is 1. The fourth-order valence-corrected chi connectivity index (χ4v) is 7.36. The number of hydrogen-bond acceptors (Lipinski definition) is 6. The zero-order valence-corrected chi connectivity index (χ0v) is 24.6. The number of piperidine rings is 3. The van der Waals surface area contributed by atoms with Crippen molar-refractivity contribution in [2.45, 2.75) is 89.8 Å². The Balaban J connectivity index is 1.02. The summed E-state index contributed by atoms with van der Waals surface area (Å²) in [5.41, 5.74) is 1.35. The number of carbonyl (C=O) groups excluding carboxylic acids is 1. The molecule has 7 nitrogen and oxygen atoms in total. The molecule has 210 valence electrons. The van der Waals surface area contributed by atoms with E-state index in [0.717, 1.165) is 66.8 Å². The van der Waals surface area contributed by atoms with Gasteiger partial charge >= 0.3 is 0 Å². The largest absolute Gasteiger partial charge is 0.351 e. The average Bonchev–Trinajstić information content (AvgIpc) is 3.62. The first kappa shape index (κ1) is 27.8. The Bertz CT molecular complexity index is 1020. The summed E-state index contributed by atoms with van der Waals surface area (Å²) >= 11 is 1.57. The highest BCUT2D eigenvalue weighted by Crippen LogP contribution is 2.31. The highest BCUT2D eigenvalue weighted by Gasteiger charge is 2.28. The highest BCUT2D eigenvalue weighted by molar-refractivity contribution is 7.17. The van der Waals surface area contributed by atoms with Crippen molar-refractivity contribution in [2.75, 3.05) is 52.4 Å². The Morgan fingerprint density at radius 3 is 2.39 bits per heavy atom. The molecule has 0 unspecified atom stereocenters. The van der Waals surface area contributed by atoms with Crippen LogP contribution in [0.2, 0.25) is 0 Å². The third-order valence-electron chi connectivity index (χ3n) is 8.90. The topological polar surface area (TPSA) is 56.6 Å². The summed E-state index contributed by atoms with van der Waals surface area (Å²) in [5, 5.41) is 7.84. The number of nitrogens with zero attached hydrogens (tertiary/aromatic N) is 5. The Morgan fingerprint density at radius 2 is 1.68 bits per heavy atom. The van der Waals surface area contributed by atoms with Crippen LogP contribution in [0, 0.1) is 0 Å². The zero-order chi connectivity index (χ0) is 26.5. The molecule has 3 aliphatic heterocycles.